The number of methoxy groups -OCH3 is 1. The zero-order valence-corrected chi connectivity index (χ0v) is 25.7. The topological polar surface area (TPSA) is 95.1 Å². The lowest BCUT2D eigenvalue weighted by Gasteiger charge is -2.45. The molecule has 1 unspecified atom stereocenters. The van der Waals surface area contributed by atoms with Crippen molar-refractivity contribution >= 4 is 44.5 Å². The van der Waals surface area contributed by atoms with Crippen LogP contribution in [0.25, 0.3) is 10.2 Å². The summed E-state index contributed by atoms with van der Waals surface area (Å²) >= 11 is 1.30. The van der Waals surface area contributed by atoms with Gasteiger partial charge in [0.05, 0.1) is 18.1 Å². The Kier molecular flexibility index (Phi) is 9.72. The number of thiophene rings is 1. The van der Waals surface area contributed by atoms with E-state index in [1.165, 1.54) is 24.9 Å². The molecule has 3 amide bonds. The number of pyridine rings is 1. The SMILES string of the molecule is CCC.COC(=O)Nc1sc2nc(C)ccc2c1C(=O)N1CCC(N2CCCC3(CCN(C(C)C)C3=O)C2)CC1. The molecule has 1 atom stereocenters. The van der Waals surface area contributed by atoms with Crippen molar-refractivity contribution < 1.29 is 19.1 Å². The van der Waals surface area contributed by atoms with Crippen molar-refractivity contribution in [3.8, 4) is 0 Å². The third-order valence-electron chi connectivity index (χ3n) is 8.35. The van der Waals surface area contributed by atoms with Gasteiger partial charge in [-0.3, -0.25) is 19.8 Å². The molecule has 3 aliphatic heterocycles. The lowest BCUT2D eigenvalue weighted by Crippen LogP contribution is -2.54. The Labute approximate surface area is 242 Å². The maximum absolute atomic E-state index is 13.7. The molecule has 0 aliphatic carbocycles. The van der Waals surface area contributed by atoms with Crippen LogP contribution in [0.4, 0.5) is 9.80 Å². The zero-order chi connectivity index (χ0) is 29.0. The molecule has 5 rings (SSSR count). The average molecular weight is 572 g/mol. The molecule has 3 aliphatic rings. The minimum absolute atomic E-state index is 0.0876. The van der Waals surface area contributed by atoms with E-state index in [0.717, 1.165) is 67.6 Å². The van der Waals surface area contributed by atoms with Crippen LogP contribution in [-0.4, -0.2) is 89.5 Å². The molecule has 5 heterocycles. The van der Waals surface area contributed by atoms with E-state index < -0.39 is 6.09 Å². The van der Waals surface area contributed by atoms with Crippen LogP contribution in [0, 0.1) is 12.3 Å². The van der Waals surface area contributed by atoms with Crippen molar-refractivity contribution in [2.24, 2.45) is 5.41 Å². The van der Waals surface area contributed by atoms with Gasteiger partial charge < -0.3 is 14.5 Å². The van der Waals surface area contributed by atoms with Crippen molar-refractivity contribution in [2.45, 2.75) is 85.2 Å². The molecule has 0 bridgehead atoms. The van der Waals surface area contributed by atoms with E-state index in [1.54, 1.807) is 0 Å². The van der Waals surface area contributed by atoms with Gasteiger partial charge in [0.15, 0.2) is 0 Å². The molecular weight excluding hydrogens is 526 g/mol. The highest BCUT2D eigenvalue weighted by Gasteiger charge is 2.50. The number of aromatic nitrogens is 1. The molecule has 1 spiro atoms. The van der Waals surface area contributed by atoms with E-state index in [4.69, 9.17) is 4.74 Å². The monoisotopic (exact) mass is 571 g/mol. The Morgan fingerprint density at radius 2 is 1.85 bits per heavy atom. The van der Waals surface area contributed by atoms with Crippen LogP contribution in [-0.2, 0) is 9.53 Å². The largest absolute Gasteiger partial charge is 0.453 e. The Hall–Kier alpha value is -2.72. The first-order chi connectivity index (χ1) is 19.1. The van der Waals surface area contributed by atoms with Crippen LogP contribution in [0.2, 0.25) is 0 Å². The van der Waals surface area contributed by atoms with Gasteiger partial charge in [-0.15, -0.1) is 0 Å². The summed E-state index contributed by atoms with van der Waals surface area (Å²) in [7, 11) is 1.31. The highest BCUT2D eigenvalue weighted by molar-refractivity contribution is 7.23. The number of anilines is 1. The second-order valence-electron chi connectivity index (χ2n) is 11.7. The van der Waals surface area contributed by atoms with E-state index in [-0.39, 0.29) is 17.4 Å². The Morgan fingerprint density at radius 3 is 2.48 bits per heavy atom. The number of likely N-dealkylation sites (tertiary alicyclic amines) is 3. The van der Waals surface area contributed by atoms with Crippen LogP contribution in [0.1, 0.15) is 82.3 Å². The summed E-state index contributed by atoms with van der Waals surface area (Å²) in [5, 5.41) is 3.94. The standard InChI is InChI=1S/C27H37N5O4S.C3H8/c1-17(2)32-15-11-27(25(32)34)10-5-12-31(16-27)19-8-13-30(14-9-19)24(33)21-20-7-6-18(3)28-22(20)37-23(21)29-26(35)36-4;1-3-2/h6-7,17,19H,5,8-16H2,1-4H3,(H,29,35);3H2,1-2H3. The van der Waals surface area contributed by atoms with Gasteiger partial charge >= 0.3 is 6.09 Å². The van der Waals surface area contributed by atoms with Crippen molar-refractivity contribution in [3.63, 3.8) is 0 Å². The van der Waals surface area contributed by atoms with Gasteiger partial charge in [0.1, 0.15) is 9.83 Å². The summed E-state index contributed by atoms with van der Waals surface area (Å²) in [6.07, 6.45) is 5.39. The van der Waals surface area contributed by atoms with Crippen LogP contribution >= 0.6 is 11.3 Å². The molecule has 0 radical (unpaired) electrons. The summed E-state index contributed by atoms with van der Waals surface area (Å²) in [4.78, 5) is 50.7. The van der Waals surface area contributed by atoms with Crippen LogP contribution in [0.5, 0.6) is 0 Å². The molecule has 10 heteroatoms. The number of nitrogens with one attached hydrogen (secondary N) is 1. The molecule has 40 heavy (non-hydrogen) atoms. The number of fused-ring (bicyclic) bond motifs is 1. The fraction of sp³-hybridized carbons (Fsp3) is 0.667. The minimum Gasteiger partial charge on any atom is -0.453 e. The lowest BCUT2D eigenvalue weighted by molar-refractivity contribution is -0.140. The second kappa shape index (κ2) is 12.9. The number of amides is 3. The van der Waals surface area contributed by atoms with Crippen LogP contribution < -0.4 is 5.32 Å². The maximum Gasteiger partial charge on any atom is 0.411 e. The third kappa shape index (κ3) is 6.12. The number of piperidine rings is 2. The Bertz CT molecular complexity index is 1220. The fourth-order valence-electron chi connectivity index (χ4n) is 6.31. The molecular formula is C30H45N5O4S. The molecule has 1 N–H and O–H groups in total. The predicted octanol–water partition coefficient (Wildman–Crippen LogP) is 5.53. The second-order valence-corrected chi connectivity index (χ2v) is 12.7. The minimum atomic E-state index is -0.604. The Morgan fingerprint density at radius 1 is 1.15 bits per heavy atom. The molecule has 2 aromatic heterocycles. The molecule has 3 saturated heterocycles. The number of nitrogens with zero attached hydrogens (tertiary/aromatic N) is 4. The number of hydrogen-bond acceptors (Lipinski definition) is 7. The van der Waals surface area contributed by atoms with E-state index in [9.17, 15) is 14.4 Å². The predicted molar refractivity (Wildman–Crippen MR) is 160 cm³/mol. The first-order valence-corrected chi connectivity index (χ1v) is 15.5. The van der Waals surface area contributed by atoms with Crippen molar-refractivity contribution in [2.75, 3.05) is 45.2 Å². The number of carbonyl (C=O) groups is 3. The van der Waals surface area contributed by atoms with Crippen molar-refractivity contribution in [3.05, 3.63) is 23.4 Å². The number of hydrogen-bond donors (Lipinski definition) is 1. The lowest BCUT2D eigenvalue weighted by atomic mass is 9.77. The van der Waals surface area contributed by atoms with Gasteiger partial charge in [-0.25, -0.2) is 9.78 Å². The smallest absolute Gasteiger partial charge is 0.411 e. The fourth-order valence-corrected chi connectivity index (χ4v) is 7.40. The van der Waals surface area contributed by atoms with E-state index in [1.807, 2.05) is 28.9 Å². The highest BCUT2D eigenvalue weighted by Crippen LogP contribution is 2.42. The number of rotatable bonds is 4. The summed E-state index contributed by atoms with van der Waals surface area (Å²) in [6.45, 7) is 14.4. The molecule has 220 valence electrons. The first kappa shape index (κ1) is 30.2. The average Bonchev–Trinajstić information content (AvgIpc) is 3.45. The van der Waals surface area contributed by atoms with Crippen molar-refractivity contribution in [1.29, 1.82) is 0 Å². The zero-order valence-electron chi connectivity index (χ0n) is 24.9. The number of ether oxygens (including phenoxy) is 1. The van der Waals surface area contributed by atoms with Gasteiger partial charge in [0.2, 0.25) is 5.91 Å². The molecule has 2 aromatic rings. The van der Waals surface area contributed by atoms with Gasteiger partial charge in [-0.1, -0.05) is 31.6 Å². The van der Waals surface area contributed by atoms with Gasteiger partial charge in [-0.05, 0) is 71.6 Å². The molecule has 3 fully saturated rings. The first-order valence-electron chi connectivity index (χ1n) is 14.7. The summed E-state index contributed by atoms with van der Waals surface area (Å²) in [5.41, 5.74) is 1.11. The van der Waals surface area contributed by atoms with Gasteiger partial charge in [-0.2, -0.15) is 0 Å². The number of carbonyl (C=O) groups excluding carboxylic acids is 3. The van der Waals surface area contributed by atoms with E-state index in [0.29, 0.717) is 35.6 Å². The van der Waals surface area contributed by atoms with Crippen LogP contribution in [0.15, 0.2) is 12.1 Å². The molecule has 0 aromatic carbocycles. The molecule has 9 nitrogen and oxygen atoms in total. The van der Waals surface area contributed by atoms with E-state index in [2.05, 4.69) is 42.9 Å². The van der Waals surface area contributed by atoms with Crippen molar-refractivity contribution in [1.82, 2.24) is 19.7 Å². The molecule has 0 saturated carbocycles. The van der Waals surface area contributed by atoms with Crippen LogP contribution in [0.3, 0.4) is 0 Å². The highest BCUT2D eigenvalue weighted by atomic mass is 32.1. The summed E-state index contributed by atoms with van der Waals surface area (Å²) < 4.78 is 4.78. The normalized spacial score (nSPS) is 22.1. The van der Waals surface area contributed by atoms with Gasteiger partial charge in [0.25, 0.3) is 5.91 Å². The number of aryl methyl sites for hydroxylation is 1. The Balaban J connectivity index is 0.00000118. The van der Waals surface area contributed by atoms with E-state index >= 15 is 0 Å². The summed E-state index contributed by atoms with van der Waals surface area (Å²) in [6, 6.07) is 4.42. The summed E-state index contributed by atoms with van der Waals surface area (Å²) in [5.74, 6) is 0.244. The van der Waals surface area contributed by atoms with Gasteiger partial charge in [0, 0.05) is 49.3 Å². The quantitative estimate of drug-likeness (QED) is 0.519. The third-order valence-corrected chi connectivity index (χ3v) is 9.37. The maximum atomic E-state index is 13.7.